The summed E-state index contributed by atoms with van der Waals surface area (Å²) >= 11 is 1.76. The van der Waals surface area contributed by atoms with Crippen LogP contribution in [0.4, 0.5) is 0 Å². The van der Waals surface area contributed by atoms with Crippen molar-refractivity contribution >= 4 is 11.3 Å². The molecule has 5 rings (SSSR count). The second kappa shape index (κ2) is 5.15. The Bertz CT molecular complexity index is 723. The minimum atomic E-state index is 0.455. The topological polar surface area (TPSA) is 16.1 Å². The molecule has 3 heteroatoms. The van der Waals surface area contributed by atoms with Gasteiger partial charge in [0.05, 0.1) is 0 Å². The number of hydrogen-bond acceptors (Lipinski definition) is 3. The standard InChI is InChI=1S/C20H24N2S/c1-22-10-8-20-7-3-2-4-16(20)18(22)13-14-5-6-15(12-17(14)20)19-21-9-11-23-19/h5-6,9,11-12,16,18H,2-4,7-8,10,13H2,1H3/t16?,18-,20-/m0/s1. The fourth-order valence-electron chi connectivity index (χ4n) is 5.70. The Hall–Kier alpha value is -1.19. The molecular formula is C20H24N2S. The van der Waals surface area contributed by atoms with Gasteiger partial charge in [0, 0.05) is 28.6 Å². The third-order valence-electron chi connectivity index (χ3n) is 6.79. The highest BCUT2D eigenvalue weighted by atomic mass is 32.1. The maximum atomic E-state index is 4.54. The van der Waals surface area contributed by atoms with E-state index in [2.05, 4.69) is 40.5 Å². The van der Waals surface area contributed by atoms with Gasteiger partial charge in [-0.2, -0.15) is 0 Å². The van der Waals surface area contributed by atoms with Crippen molar-refractivity contribution in [1.82, 2.24) is 9.88 Å². The number of thiazole rings is 1. The van der Waals surface area contributed by atoms with Crippen molar-refractivity contribution in [3.8, 4) is 10.6 Å². The van der Waals surface area contributed by atoms with Gasteiger partial charge < -0.3 is 4.90 Å². The number of likely N-dealkylation sites (N-methyl/N-ethyl adjacent to an activating group) is 1. The molecule has 1 unspecified atom stereocenters. The Labute approximate surface area is 142 Å². The van der Waals surface area contributed by atoms with Gasteiger partial charge in [0.15, 0.2) is 0 Å². The molecule has 0 radical (unpaired) electrons. The van der Waals surface area contributed by atoms with Crippen LogP contribution < -0.4 is 0 Å². The second-order valence-corrected chi connectivity index (χ2v) is 8.61. The highest BCUT2D eigenvalue weighted by Crippen LogP contribution is 2.55. The van der Waals surface area contributed by atoms with E-state index in [4.69, 9.17) is 0 Å². The van der Waals surface area contributed by atoms with Crippen molar-refractivity contribution in [3.05, 3.63) is 40.9 Å². The van der Waals surface area contributed by atoms with Gasteiger partial charge >= 0.3 is 0 Å². The Balaban J connectivity index is 1.68. The average molecular weight is 324 g/mol. The molecular weight excluding hydrogens is 300 g/mol. The molecule has 3 aliphatic rings. The number of benzene rings is 1. The van der Waals surface area contributed by atoms with Gasteiger partial charge in [-0.1, -0.05) is 25.0 Å². The van der Waals surface area contributed by atoms with Crippen LogP contribution in [0.3, 0.4) is 0 Å². The minimum absolute atomic E-state index is 0.455. The van der Waals surface area contributed by atoms with Gasteiger partial charge in [0.25, 0.3) is 0 Å². The number of fused-ring (bicyclic) bond motifs is 1. The van der Waals surface area contributed by atoms with E-state index in [0.717, 1.165) is 12.0 Å². The Kier molecular flexibility index (Phi) is 3.18. The van der Waals surface area contributed by atoms with Crippen molar-refractivity contribution in [2.24, 2.45) is 5.92 Å². The molecule has 2 bridgehead atoms. The van der Waals surface area contributed by atoms with E-state index in [1.807, 2.05) is 6.20 Å². The lowest BCUT2D eigenvalue weighted by atomic mass is 9.52. The van der Waals surface area contributed by atoms with Crippen LogP contribution in [0, 0.1) is 5.92 Å². The van der Waals surface area contributed by atoms with Crippen LogP contribution in [0.25, 0.3) is 10.6 Å². The summed E-state index contributed by atoms with van der Waals surface area (Å²) in [5.41, 5.74) is 5.07. The number of nitrogens with zero attached hydrogens (tertiary/aromatic N) is 2. The van der Waals surface area contributed by atoms with Crippen LogP contribution >= 0.6 is 11.3 Å². The van der Waals surface area contributed by atoms with E-state index < -0.39 is 0 Å². The number of hydrogen-bond donors (Lipinski definition) is 0. The van der Waals surface area contributed by atoms with E-state index in [9.17, 15) is 0 Å². The molecule has 1 aliphatic heterocycles. The van der Waals surface area contributed by atoms with Crippen molar-refractivity contribution in [2.75, 3.05) is 13.6 Å². The van der Waals surface area contributed by atoms with Gasteiger partial charge in [-0.3, -0.25) is 0 Å². The Morgan fingerprint density at radius 3 is 3.09 bits per heavy atom. The molecule has 1 saturated carbocycles. The zero-order chi connectivity index (χ0) is 15.4. The molecule has 1 aromatic heterocycles. The lowest BCUT2D eigenvalue weighted by Gasteiger charge is -2.58. The first-order valence-corrected chi connectivity index (χ1v) is 9.89. The Morgan fingerprint density at radius 1 is 1.26 bits per heavy atom. The van der Waals surface area contributed by atoms with Gasteiger partial charge in [0.2, 0.25) is 0 Å². The van der Waals surface area contributed by atoms with Crippen molar-refractivity contribution in [1.29, 1.82) is 0 Å². The zero-order valence-corrected chi connectivity index (χ0v) is 14.6. The molecule has 2 fully saturated rings. The second-order valence-electron chi connectivity index (χ2n) is 7.72. The molecule has 2 aliphatic carbocycles. The summed E-state index contributed by atoms with van der Waals surface area (Å²) in [7, 11) is 2.35. The lowest BCUT2D eigenvalue weighted by Crippen LogP contribution is -2.59. The van der Waals surface area contributed by atoms with Crippen LogP contribution in [-0.2, 0) is 11.8 Å². The predicted molar refractivity (Wildman–Crippen MR) is 95.9 cm³/mol. The van der Waals surface area contributed by atoms with E-state index in [0.29, 0.717) is 5.41 Å². The summed E-state index contributed by atoms with van der Waals surface area (Å²) in [6, 6.07) is 7.98. The van der Waals surface area contributed by atoms with E-state index >= 15 is 0 Å². The summed E-state index contributed by atoms with van der Waals surface area (Å²) in [6.07, 6.45) is 10.2. The molecule has 120 valence electrons. The van der Waals surface area contributed by atoms with Crippen molar-refractivity contribution in [3.63, 3.8) is 0 Å². The molecule has 3 atom stereocenters. The summed E-state index contributed by atoms with van der Waals surface area (Å²) in [5, 5.41) is 3.26. The maximum absolute atomic E-state index is 4.54. The van der Waals surface area contributed by atoms with E-state index in [1.54, 1.807) is 22.5 Å². The summed E-state index contributed by atoms with van der Waals surface area (Å²) < 4.78 is 0. The fraction of sp³-hybridized carbons (Fsp3) is 0.550. The predicted octanol–water partition coefficient (Wildman–Crippen LogP) is 4.50. The van der Waals surface area contributed by atoms with Crippen LogP contribution in [0.2, 0.25) is 0 Å². The first kappa shape index (κ1) is 14.2. The van der Waals surface area contributed by atoms with Crippen LogP contribution in [0.5, 0.6) is 0 Å². The third-order valence-corrected chi connectivity index (χ3v) is 7.62. The van der Waals surface area contributed by atoms with E-state index in [1.165, 1.54) is 55.6 Å². The third kappa shape index (κ3) is 1.99. The quantitative estimate of drug-likeness (QED) is 0.768. The first-order chi connectivity index (χ1) is 11.3. The lowest BCUT2D eigenvalue weighted by molar-refractivity contribution is 0.00290. The molecule has 0 amide bonds. The first-order valence-electron chi connectivity index (χ1n) is 9.01. The SMILES string of the molecule is CN1CC[C@@]23CCCCC2[C@@H]1Cc1ccc(-c2nccs2)cc13. The molecule has 23 heavy (non-hydrogen) atoms. The van der Waals surface area contributed by atoms with E-state index in [-0.39, 0.29) is 0 Å². The van der Waals surface area contributed by atoms with Gasteiger partial charge in [-0.25, -0.2) is 4.98 Å². The van der Waals surface area contributed by atoms with Crippen LogP contribution in [-0.4, -0.2) is 29.5 Å². The van der Waals surface area contributed by atoms with Crippen LogP contribution in [0.15, 0.2) is 29.8 Å². The largest absolute Gasteiger partial charge is 0.303 e. The number of piperidine rings is 1. The number of likely N-dealkylation sites (tertiary alicyclic amines) is 1. The van der Waals surface area contributed by atoms with Gasteiger partial charge in [0.1, 0.15) is 5.01 Å². The monoisotopic (exact) mass is 324 g/mol. The number of aromatic nitrogens is 1. The maximum Gasteiger partial charge on any atom is 0.123 e. The molecule has 2 heterocycles. The molecule has 0 N–H and O–H groups in total. The molecule has 2 aromatic rings. The summed E-state index contributed by atoms with van der Waals surface area (Å²) in [5.74, 6) is 0.869. The van der Waals surface area contributed by atoms with Crippen molar-refractivity contribution in [2.45, 2.75) is 50.0 Å². The molecule has 1 saturated heterocycles. The fourth-order valence-corrected chi connectivity index (χ4v) is 6.33. The van der Waals surface area contributed by atoms with Gasteiger partial charge in [-0.15, -0.1) is 11.3 Å². The summed E-state index contributed by atoms with van der Waals surface area (Å²) in [4.78, 5) is 7.18. The van der Waals surface area contributed by atoms with Crippen LogP contribution in [0.1, 0.15) is 43.2 Å². The molecule has 2 nitrogen and oxygen atoms in total. The number of rotatable bonds is 1. The highest BCUT2D eigenvalue weighted by Gasteiger charge is 2.52. The highest BCUT2D eigenvalue weighted by molar-refractivity contribution is 7.13. The summed E-state index contributed by atoms with van der Waals surface area (Å²) in [6.45, 7) is 1.27. The van der Waals surface area contributed by atoms with Crippen molar-refractivity contribution < 1.29 is 0 Å². The molecule has 0 spiro atoms. The normalized spacial score (nSPS) is 33.1. The average Bonchev–Trinajstić information content (AvgIpc) is 3.12. The smallest absolute Gasteiger partial charge is 0.123 e. The minimum Gasteiger partial charge on any atom is -0.303 e. The molecule has 1 aromatic carbocycles. The van der Waals surface area contributed by atoms with Gasteiger partial charge in [-0.05, 0) is 62.4 Å². The zero-order valence-electron chi connectivity index (χ0n) is 13.8. The Morgan fingerprint density at radius 2 is 2.22 bits per heavy atom.